The van der Waals surface area contributed by atoms with E-state index in [1.807, 2.05) is 61.5 Å². The van der Waals surface area contributed by atoms with Crippen molar-refractivity contribution in [3.63, 3.8) is 0 Å². The third-order valence-electron chi connectivity index (χ3n) is 3.33. The zero-order valence-corrected chi connectivity index (χ0v) is 13.0. The molecular weight excluding hydrogens is 330 g/mol. The largest absolute Gasteiger partial charge is 0.337 e. The first-order valence-corrected chi connectivity index (χ1v) is 7.31. The molecule has 21 heavy (non-hydrogen) atoms. The maximum absolute atomic E-state index is 6.38. The van der Waals surface area contributed by atoms with Crippen LogP contribution in [0, 0.1) is 0 Å². The van der Waals surface area contributed by atoms with E-state index in [1.54, 1.807) is 0 Å². The Morgan fingerprint density at radius 1 is 1.10 bits per heavy atom. The van der Waals surface area contributed by atoms with Gasteiger partial charge in [0, 0.05) is 10.0 Å². The van der Waals surface area contributed by atoms with Gasteiger partial charge in [0.15, 0.2) is 0 Å². The second-order valence-corrected chi connectivity index (χ2v) is 5.92. The summed E-state index contributed by atoms with van der Waals surface area (Å²) in [6, 6.07) is 17.4. The molecular formula is C16H14BrN3O. The lowest BCUT2D eigenvalue weighted by Gasteiger charge is -2.20. The van der Waals surface area contributed by atoms with Crippen LogP contribution in [0.15, 0.2) is 63.6 Å². The number of nitrogens with two attached hydrogens (primary N) is 1. The number of halogens is 1. The molecule has 1 heterocycles. The molecule has 4 nitrogen and oxygen atoms in total. The summed E-state index contributed by atoms with van der Waals surface area (Å²) in [5.74, 6) is 0.919. The maximum atomic E-state index is 6.38. The van der Waals surface area contributed by atoms with Gasteiger partial charge in [0.2, 0.25) is 5.82 Å². The van der Waals surface area contributed by atoms with Crippen LogP contribution >= 0.6 is 15.9 Å². The third-order valence-corrected chi connectivity index (χ3v) is 3.82. The second kappa shape index (κ2) is 5.42. The minimum atomic E-state index is -0.821. The highest BCUT2D eigenvalue weighted by Crippen LogP contribution is 2.27. The van der Waals surface area contributed by atoms with Gasteiger partial charge in [-0.15, -0.1) is 0 Å². The van der Waals surface area contributed by atoms with Crippen LogP contribution in [-0.4, -0.2) is 10.1 Å². The molecule has 2 N–H and O–H groups in total. The average molecular weight is 344 g/mol. The van der Waals surface area contributed by atoms with Gasteiger partial charge in [0.25, 0.3) is 5.89 Å². The van der Waals surface area contributed by atoms with Crippen molar-refractivity contribution < 1.29 is 4.52 Å². The topological polar surface area (TPSA) is 64.9 Å². The molecule has 0 fully saturated rings. The Hall–Kier alpha value is -1.98. The van der Waals surface area contributed by atoms with Crippen LogP contribution in [0.5, 0.6) is 0 Å². The van der Waals surface area contributed by atoms with Crippen LogP contribution in [0.2, 0.25) is 0 Å². The van der Waals surface area contributed by atoms with Crippen LogP contribution in [0.3, 0.4) is 0 Å². The summed E-state index contributed by atoms with van der Waals surface area (Å²) >= 11 is 3.43. The first-order chi connectivity index (χ1) is 10.1. The van der Waals surface area contributed by atoms with E-state index in [0.717, 1.165) is 15.6 Å². The first kappa shape index (κ1) is 14.0. The van der Waals surface area contributed by atoms with Crippen molar-refractivity contribution in [2.45, 2.75) is 12.5 Å². The van der Waals surface area contributed by atoms with Crippen molar-refractivity contribution in [2.24, 2.45) is 5.73 Å². The summed E-state index contributed by atoms with van der Waals surface area (Å²) in [7, 11) is 0. The number of rotatable bonds is 3. The van der Waals surface area contributed by atoms with Gasteiger partial charge >= 0.3 is 0 Å². The highest BCUT2D eigenvalue weighted by molar-refractivity contribution is 9.10. The smallest absolute Gasteiger partial charge is 0.251 e. The monoisotopic (exact) mass is 343 g/mol. The second-order valence-electron chi connectivity index (χ2n) is 5.00. The molecule has 0 radical (unpaired) electrons. The fourth-order valence-corrected chi connectivity index (χ4v) is 2.49. The van der Waals surface area contributed by atoms with Gasteiger partial charge in [-0.3, -0.25) is 0 Å². The van der Waals surface area contributed by atoms with E-state index in [2.05, 4.69) is 26.1 Å². The lowest BCUT2D eigenvalue weighted by molar-refractivity contribution is 0.325. The van der Waals surface area contributed by atoms with Crippen molar-refractivity contribution in [3.05, 3.63) is 70.5 Å². The van der Waals surface area contributed by atoms with Gasteiger partial charge in [0.1, 0.15) is 5.54 Å². The highest BCUT2D eigenvalue weighted by Gasteiger charge is 2.30. The minimum absolute atomic E-state index is 0.392. The van der Waals surface area contributed by atoms with E-state index in [1.165, 1.54) is 0 Å². The Labute approximate surface area is 131 Å². The molecule has 106 valence electrons. The number of aromatic nitrogens is 2. The van der Waals surface area contributed by atoms with E-state index in [4.69, 9.17) is 10.3 Å². The van der Waals surface area contributed by atoms with Crippen LogP contribution in [0.25, 0.3) is 11.4 Å². The highest BCUT2D eigenvalue weighted by atomic mass is 79.9. The number of hydrogen-bond donors (Lipinski definition) is 1. The van der Waals surface area contributed by atoms with E-state index in [-0.39, 0.29) is 0 Å². The van der Waals surface area contributed by atoms with Gasteiger partial charge in [0.05, 0.1) is 0 Å². The van der Waals surface area contributed by atoms with E-state index in [0.29, 0.717) is 11.7 Å². The predicted octanol–water partition coefficient (Wildman–Crippen LogP) is 3.72. The summed E-state index contributed by atoms with van der Waals surface area (Å²) in [6.45, 7) is 1.86. The Balaban J connectivity index is 1.98. The van der Waals surface area contributed by atoms with Gasteiger partial charge < -0.3 is 10.3 Å². The van der Waals surface area contributed by atoms with E-state index < -0.39 is 5.54 Å². The van der Waals surface area contributed by atoms with E-state index in [9.17, 15) is 0 Å². The van der Waals surface area contributed by atoms with Crippen LogP contribution in [0.1, 0.15) is 18.4 Å². The fraction of sp³-hybridized carbons (Fsp3) is 0.125. The zero-order valence-electron chi connectivity index (χ0n) is 11.5. The zero-order chi connectivity index (χ0) is 14.9. The summed E-state index contributed by atoms with van der Waals surface area (Å²) in [5.41, 5.74) is 7.36. The molecule has 0 aliphatic heterocycles. The molecule has 1 aromatic heterocycles. The third kappa shape index (κ3) is 2.75. The van der Waals surface area contributed by atoms with Crippen LogP contribution < -0.4 is 5.73 Å². The van der Waals surface area contributed by atoms with Crippen molar-refractivity contribution in [1.82, 2.24) is 10.1 Å². The van der Waals surface area contributed by atoms with Crippen molar-refractivity contribution in [2.75, 3.05) is 0 Å². The summed E-state index contributed by atoms with van der Waals surface area (Å²) < 4.78 is 6.34. The van der Waals surface area contributed by atoms with Crippen molar-refractivity contribution >= 4 is 15.9 Å². The Morgan fingerprint density at radius 3 is 2.57 bits per heavy atom. The fourth-order valence-electron chi connectivity index (χ4n) is 2.09. The summed E-state index contributed by atoms with van der Waals surface area (Å²) in [5, 5.41) is 4.03. The lowest BCUT2D eigenvalue weighted by atomic mass is 9.93. The molecule has 0 saturated carbocycles. The molecule has 0 aliphatic rings. The standard InChI is InChI=1S/C16H14BrN3O/c1-16(18,12-7-3-2-4-8-12)15-19-14(20-21-15)11-6-5-9-13(17)10-11/h2-10H,18H2,1H3. The summed E-state index contributed by atoms with van der Waals surface area (Å²) in [6.07, 6.45) is 0. The number of benzene rings is 2. The molecule has 1 unspecified atom stereocenters. The molecule has 3 aromatic rings. The molecule has 1 atom stereocenters. The molecule has 0 bridgehead atoms. The molecule has 5 heteroatoms. The SMILES string of the molecule is CC(N)(c1ccccc1)c1nc(-c2cccc(Br)c2)no1. The van der Waals surface area contributed by atoms with Crippen LogP contribution in [0.4, 0.5) is 0 Å². The molecule has 2 aromatic carbocycles. The molecule has 0 spiro atoms. The predicted molar refractivity (Wildman–Crippen MR) is 84.5 cm³/mol. The minimum Gasteiger partial charge on any atom is -0.337 e. The quantitative estimate of drug-likeness (QED) is 0.786. The Kier molecular flexibility index (Phi) is 3.61. The molecule has 3 rings (SSSR count). The Morgan fingerprint density at radius 2 is 1.86 bits per heavy atom. The van der Waals surface area contributed by atoms with Gasteiger partial charge in [-0.2, -0.15) is 4.98 Å². The number of nitrogens with zero attached hydrogens (tertiary/aromatic N) is 2. The van der Waals surface area contributed by atoms with Crippen LogP contribution in [-0.2, 0) is 5.54 Å². The van der Waals surface area contributed by atoms with Gasteiger partial charge in [-0.25, -0.2) is 0 Å². The average Bonchev–Trinajstić information content (AvgIpc) is 2.99. The first-order valence-electron chi connectivity index (χ1n) is 6.52. The molecule has 0 saturated heterocycles. The normalized spacial score (nSPS) is 13.9. The Bertz CT molecular complexity index is 753. The maximum Gasteiger partial charge on any atom is 0.251 e. The van der Waals surface area contributed by atoms with Crippen molar-refractivity contribution in [3.8, 4) is 11.4 Å². The molecule has 0 amide bonds. The summed E-state index contributed by atoms with van der Waals surface area (Å²) in [4.78, 5) is 4.45. The van der Waals surface area contributed by atoms with E-state index >= 15 is 0 Å². The number of hydrogen-bond acceptors (Lipinski definition) is 4. The lowest BCUT2D eigenvalue weighted by Crippen LogP contribution is -2.34. The van der Waals surface area contributed by atoms with Crippen molar-refractivity contribution in [1.29, 1.82) is 0 Å². The van der Waals surface area contributed by atoms with Gasteiger partial charge in [-0.05, 0) is 24.6 Å². The van der Waals surface area contributed by atoms with Gasteiger partial charge in [-0.1, -0.05) is 63.6 Å². The molecule has 0 aliphatic carbocycles.